The van der Waals surface area contributed by atoms with Crippen LogP contribution in [0, 0.1) is 0 Å². The first-order valence-corrected chi connectivity index (χ1v) is 12.2. The molecule has 0 fully saturated rings. The summed E-state index contributed by atoms with van der Waals surface area (Å²) >= 11 is 0.752. The summed E-state index contributed by atoms with van der Waals surface area (Å²) in [6.07, 6.45) is 1.74. The number of nitrogens with one attached hydrogen (secondary N) is 1. The number of nitrogens with zero attached hydrogens (tertiary/aromatic N) is 3. The summed E-state index contributed by atoms with van der Waals surface area (Å²) in [5, 5.41) is 3.24. The molecule has 1 aliphatic heterocycles. The summed E-state index contributed by atoms with van der Waals surface area (Å²) in [5.41, 5.74) is 0.489. The highest BCUT2D eigenvalue weighted by Crippen LogP contribution is 2.40. The largest absolute Gasteiger partial charge is 0.385 e. The van der Waals surface area contributed by atoms with E-state index in [9.17, 15) is 16.8 Å². The van der Waals surface area contributed by atoms with Gasteiger partial charge in [-0.15, -0.1) is 15.7 Å². The molecule has 1 atom stereocenters. The minimum absolute atomic E-state index is 0.0655. The van der Waals surface area contributed by atoms with E-state index in [-0.39, 0.29) is 21.0 Å². The van der Waals surface area contributed by atoms with Crippen LogP contribution in [0.5, 0.6) is 0 Å². The number of hydrogen-bond acceptors (Lipinski definition) is 7. The van der Waals surface area contributed by atoms with Gasteiger partial charge in [0.25, 0.3) is 20.0 Å². The Labute approximate surface area is 165 Å². The maximum Gasteiger partial charge on any atom is 0.293 e. The molecule has 0 radical (unpaired) electrons. The summed E-state index contributed by atoms with van der Waals surface area (Å²) in [7, 11) is -2.84. The minimum Gasteiger partial charge on any atom is -0.385 e. The number of thiophene rings is 1. The van der Waals surface area contributed by atoms with E-state index >= 15 is 0 Å². The summed E-state index contributed by atoms with van der Waals surface area (Å²) < 4.78 is 60.9. The highest BCUT2D eigenvalue weighted by atomic mass is 32.3. The van der Waals surface area contributed by atoms with Crippen LogP contribution in [0.4, 0.5) is 0 Å². The molecule has 0 saturated carbocycles. The Morgan fingerprint density at radius 3 is 2.78 bits per heavy atom. The molecule has 12 heteroatoms. The van der Waals surface area contributed by atoms with Crippen molar-refractivity contribution in [2.24, 2.45) is 4.40 Å². The summed E-state index contributed by atoms with van der Waals surface area (Å²) in [4.78, 5) is 1.50. The van der Waals surface area contributed by atoms with Crippen LogP contribution in [-0.2, 0) is 24.8 Å². The van der Waals surface area contributed by atoms with Crippen molar-refractivity contribution in [1.82, 2.24) is 14.5 Å². The molecule has 1 N–H and O–H groups in total. The van der Waals surface area contributed by atoms with Gasteiger partial charge < -0.3 is 15.0 Å². The summed E-state index contributed by atoms with van der Waals surface area (Å²) in [6.45, 7) is 3.57. The molecule has 0 spiro atoms. The second kappa shape index (κ2) is 8.97. The van der Waals surface area contributed by atoms with Crippen LogP contribution in [-0.4, -0.2) is 79.8 Å². The van der Waals surface area contributed by atoms with E-state index in [0.29, 0.717) is 31.7 Å². The molecule has 2 heterocycles. The normalized spacial score (nSPS) is 20.1. The highest BCUT2D eigenvalue weighted by Gasteiger charge is 2.39. The van der Waals surface area contributed by atoms with Crippen molar-refractivity contribution in [3.05, 3.63) is 11.6 Å². The number of likely N-dealkylation sites (N-methyl/N-ethyl adjacent to an activating group) is 1. The van der Waals surface area contributed by atoms with Crippen LogP contribution in [0.1, 0.15) is 24.9 Å². The molecular formula is C15H26N4O5S3. The summed E-state index contributed by atoms with van der Waals surface area (Å²) in [6, 6.07) is 1.16. The summed E-state index contributed by atoms with van der Waals surface area (Å²) in [5.74, 6) is 0. The van der Waals surface area contributed by atoms with E-state index in [0.717, 1.165) is 11.3 Å². The molecule has 1 aromatic rings. The lowest BCUT2D eigenvalue weighted by Crippen LogP contribution is -2.43. The average molecular weight is 439 g/mol. The molecule has 1 aliphatic rings. The van der Waals surface area contributed by atoms with Crippen LogP contribution in [0.25, 0.3) is 0 Å². The molecule has 0 unspecified atom stereocenters. The van der Waals surface area contributed by atoms with Gasteiger partial charge in [-0.25, -0.2) is 8.42 Å². The standard InChI is InChI=1S/C15H26N4O5S3/c1-5-16-13-10-19(7-6-8-24-4)27(22,23)15-12(13)9-14(25-15)26(20,21)17-11-18(2)3/h9,11,13,16H,5-8,10H2,1-4H3/b17-11+/t13-/m0/s1. The Bertz CT molecular complexity index is 877. The van der Waals surface area contributed by atoms with E-state index in [4.69, 9.17) is 4.74 Å². The van der Waals surface area contributed by atoms with E-state index in [1.165, 1.54) is 21.6 Å². The fourth-order valence-corrected chi connectivity index (χ4v) is 7.47. The first-order chi connectivity index (χ1) is 12.6. The SMILES string of the molecule is CCN[C@H]1CN(CCCOC)S(=O)(=O)c2sc(S(=O)(=O)/N=C/N(C)C)cc21. The maximum absolute atomic E-state index is 13.0. The molecule has 0 amide bonds. The van der Waals surface area contributed by atoms with Crippen molar-refractivity contribution in [2.45, 2.75) is 27.8 Å². The average Bonchev–Trinajstić information content (AvgIpc) is 3.05. The second-order valence-electron chi connectivity index (χ2n) is 6.29. The molecule has 1 aromatic heterocycles. The van der Waals surface area contributed by atoms with Crippen molar-refractivity contribution >= 4 is 37.7 Å². The van der Waals surface area contributed by atoms with Crippen molar-refractivity contribution in [3.63, 3.8) is 0 Å². The third kappa shape index (κ3) is 5.06. The van der Waals surface area contributed by atoms with Crippen LogP contribution < -0.4 is 5.32 Å². The number of rotatable bonds is 9. The smallest absolute Gasteiger partial charge is 0.293 e. The van der Waals surface area contributed by atoms with Gasteiger partial charge in [-0.05, 0) is 19.0 Å². The van der Waals surface area contributed by atoms with Gasteiger partial charge in [0.15, 0.2) is 0 Å². The quantitative estimate of drug-likeness (QED) is 0.344. The van der Waals surface area contributed by atoms with Crippen LogP contribution in [0.15, 0.2) is 18.9 Å². The predicted octanol–water partition coefficient (Wildman–Crippen LogP) is 0.718. The zero-order valence-electron chi connectivity index (χ0n) is 15.9. The number of sulfonamides is 2. The molecule has 2 rings (SSSR count). The van der Waals surface area contributed by atoms with Gasteiger partial charge in [-0.3, -0.25) is 0 Å². The Hall–Kier alpha value is -1.05. The molecular weight excluding hydrogens is 412 g/mol. The van der Waals surface area contributed by atoms with Gasteiger partial charge in [0.1, 0.15) is 14.8 Å². The van der Waals surface area contributed by atoms with Crippen molar-refractivity contribution in [3.8, 4) is 0 Å². The topological polar surface area (TPSA) is 108 Å². The Morgan fingerprint density at radius 2 is 2.19 bits per heavy atom. The van der Waals surface area contributed by atoms with Gasteiger partial charge in [0.05, 0.1) is 0 Å². The predicted molar refractivity (Wildman–Crippen MR) is 105 cm³/mol. The lowest BCUT2D eigenvalue weighted by Gasteiger charge is -2.32. The third-order valence-electron chi connectivity index (χ3n) is 3.92. The fourth-order valence-electron chi connectivity index (χ4n) is 2.68. The van der Waals surface area contributed by atoms with Crippen molar-refractivity contribution in [2.75, 3.05) is 47.4 Å². The van der Waals surface area contributed by atoms with Gasteiger partial charge in [0, 0.05) is 52.5 Å². The molecule has 9 nitrogen and oxygen atoms in total. The Morgan fingerprint density at radius 1 is 1.48 bits per heavy atom. The maximum atomic E-state index is 13.0. The molecule has 27 heavy (non-hydrogen) atoms. The van der Waals surface area contributed by atoms with Crippen molar-refractivity contribution in [1.29, 1.82) is 0 Å². The second-order valence-corrected chi connectivity index (χ2v) is 11.3. The molecule has 0 aliphatic carbocycles. The van der Waals surface area contributed by atoms with Gasteiger partial charge >= 0.3 is 0 Å². The van der Waals surface area contributed by atoms with Gasteiger partial charge in [-0.1, -0.05) is 6.92 Å². The first kappa shape index (κ1) is 22.2. The fraction of sp³-hybridized carbons (Fsp3) is 0.667. The zero-order valence-corrected chi connectivity index (χ0v) is 18.3. The number of hydrogen-bond donors (Lipinski definition) is 1. The van der Waals surface area contributed by atoms with E-state index < -0.39 is 20.0 Å². The number of ether oxygens (including phenoxy) is 1. The third-order valence-corrected chi connectivity index (χ3v) is 9.13. The van der Waals surface area contributed by atoms with Crippen LogP contribution in [0.3, 0.4) is 0 Å². The lowest BCUT2D eigenvalue weighted by atomic mass is 10.1. The number of fused-ring (bicyclic) bond motifs is 1. The van der Waals surface area contributed by atoms with Crippen molar-refractivity contribution < 1.29 is 21.6 Å². The van der Waals surface area contributed by atoms with Gasteiger partial charge in [-0.2, -0.15) is 12.7 Å². The zero-order chi connectivity index (χ0) is 20.2. The molecule has 0 saturated heterocycles. The highest BCUT2D eigenvalue weighted by molar-refractivity contribution is 7.94. The first-order valence-electron chi connectivity index (χ1n) is 8.46. The van der Waals surface area contributed by atoms with Crippen LogP contribution >= 0.6 is 11.3 Å². The Kier molecular flexibility index (Phi) is 7.39. The van der Waals surface area contributed by atoms with Gasteiger partial charge in [0.2, 0.25) is 0 Å². The Balaban J connectivity index is 2.46. The van der Waals surface area contributed by atoms with E-state index in [1.54, 1.807) is 21.2 Å². The minimum atomic E-state index is -3.96. The molecule has 0 aromatic carbocycles. The number of methoxy groups -OCH3 is 1. The van der Waals surface area contributed by atoms with Crippen LogP contribution in [0.2, 0.25) is 0 Å². The molecule has 154 valence electrons. The van der Waals surface area contributed by atoms with E-state index in [1.807, 2.05) is 6.92 Å². The molecule has 0 bridgehead atoms. The monoisotopic (exact) mass is 438 g/mol. The van der Waals surface area contributed by atoms with E-state index in [2.05, 4.69) is 9.71 Å². The lowest BCUT2D eigenvalue weighted by molar-refractivity contribution is 0.185.